The molecule has 0 aromatic heterocycles. The predicted molar refractivity (Wildman–Crippen MR) is 66.5 cm³/mol. The third kappa shape index (κ3) is 2.45. The second kappa shape index (κ2) is 4.98. The van der Waals surface area contributed by atoms with Gasteiger partial charge in [0.25, 0.3) is 0 Å². The van der Waals surface area contributed by atoms with E-state index in [0.717, 1.165) is 25.1 Å². The van der Waals surface area contributed by atoms with E-state index < -0.39 is 0 Å². The molecule has 2 heteroatoms. The largest absolute Gasteiger partial charge is 0.388 e. The van der Waals surface area contributed by atoms with Crippen molar-refractivity contribution in [2.45, 2.75) is 32.8 Å². The van der Waals surface area contributed by atoms with Gasteiger partial charge in [0.1, 0.15) is 0 Å². The summed E-state index contributed by atoms with van der Waals surface area (Å²) < 4.78 is 0. The van der Waals surface area contributed by atoms with Gasteiger partial charge in [-0.1, -0.05) is 23.8 Å². The molecule has 2 nitrogen and oxygen atoms in total. The lowest BCUT2D eigenvalue weighted by atomic mass is 9.87. The van der Waals surface area contributed by atoms with Crippen LogP contribution in [0.15, 0.2) is 18.2 Å². The number of nitrogens with one attached hydrogen (secondary N) is 1. The highest BCUT2D eigenvalue weighted by Gasteiger charge is 2.23. The number of aliphatic hydroxyl groups excluding tert-OH is 1. The summed E-state index contributed by atoms with van der Waals surface area (Å²) >= 11 is 0. The molecule has 0 radical (unpaired) electrons. The van der Waals surface area contributed by atoms with Crippen LogP contribution in [0.5, 0.6) is 0 Å². The van der Waals surface area contributed by atoms with Crippen LogP contribution in [0.1, 0.15) is 35.6 Å². The van der Waals surface area contributed by atoms with Crippen molar-refractivity contribution in [2.24, 2.45) is 5.92 Å². The molecule has 1 aliphatic rings. The zero-order valence-electron chi connectivity index (χ0n) is 10.2. The van der Waals surface area contributed by atoms with Crippen molar-refractivity contribution in [3.8, 4) is 0 Å². The number of aryl methyl sites for hydroxylation is 2. The summed E-state index contributed by atoms with van der Waals surface area (Å²) in [6, 6.07) is 6.32. The minimum atomic E-state index is -0.312. The third-order valence-electron chi connectivity index (χ3n) is 3.53. The van der Waals surface area contributed by atoms with Crippen LogP contribution >= 0.6 is 0 Å². The van der Waals surface area contributed by atoms with Gasteiger partial charge in [-0.05, 0) is 44.4 Å². The normalized spacial score (nSPS) is 23.1. The topological polar surface area (TPSA) is 32.3 Å². The van der Waals surface area contributed by atoms with Gasteiger partial charge < -0.3 is 10.4 Å². The van der Waals surface area contributed by atoms with Crippen LogP contribution in [-0.2, 0) is 0 Å². The van der Waals surface area contributed by atoms with E-state index in [9.17, 15) is 5.11 Å². The van der Waals surface area contributed by atoms with E-state index in [1.807, 2.05) is 0 Å². The maximum absolute atomic E-state index is 10.4. The lowest BCUT2D eigenvalue weighted by Crippen LogP contribution is -2.33. The van der Waals surface area contributed by atoms with E-state index in [0.29, 0.717) is 5.92 Å². The minimum Gasteiger partial charge on any atom is -0.388 e. The van der Waals surface area contributed by atoms with E-state index in [1.165, 1.54) is 17.5 Å². The molecule has 1 saturated heterocycles. The number of benzene rings is 1. The number of hydrogen-bond donors (Lipinski definition) is 2. The first-order valence-electron chi connectivity index (χ1n) is 6.14. The Labute approximate surface area is 97.7 Å². The summed E-state index contributed by atoms with van der Waals surface area (Å²) in [4.78, 5) is 0. The highest BCUT2D eigenvalue weighted by molar-refractivity contribution is 5.32. The Balaban J connectivity index is 2.18. The molecule has 2 atom stereocenters. The summed E-state index contributed by atoms with van der Waals surface area (Å²) in [6.07, 6.45) is 1.99. The Morgan fingerprint density at radius 2 is 2.19 bits per heavy atom. The monoisotopic (exact) mass is 219 g/mol. The average Bonchev–Trinajstić information content (AvgIpc) is 2.32. The van der Waals surface area contributed by atoms with Crippen LogP contribution in [0, 0.1) is 19.8 Å². The van der Waals surface area contributed by atoms with E-state index in [4.69, 9.17) is 0 Å². The minimum absolute atomic E-state index is 0.312. The molecule has 2 rings (SSSR count). The molecule has 1 aromatic carbocycles. The first kappa shape index (κ1) is 11.6. The number of hydrogen-bond acceptors (Lipinski definition) is 2. The van der Waals surface area contributed by atoms with Crippen LogP contribution < -0.4 is 5.32 Å². The first-order valence-corrected chi connectivity index (χ1v) is 6.14. The summed E-state index contributed by atoms with van der Waals surface area (Å²) in [5.41, 5.74) is 3.53. The van der Waals surface area contributed by atoms with Crippen molar-refractivity contribution in [3.63, 3.8) is 0 Å². The summed E-state index contributed by atoms with van der Waals surface area (Å²) in [5, 5.41) is 13.8. The zero-order chi connectivity index (χ0) is 11.5. The molecular weight excluding hydrogens is 198 g/mol. The number of aliphatic hydroxyl groups is 1. The Hall–Kier alpha value is -0.860. The lowest BCUT2D eigenvalue weighted by molar-refractivity contribution is 0.0916. The average molecular weight is 219 g/mol. The van der Waals surface area contributed by atoms with E-state index in [1.54, 1.807) is 0 Å². The van der Waals surface area contributed by atoms with Crippen LogP contribution in [0.25, 0.3) is 0 Å². The van der Waals surface area contributed by atoms with E-state index >= 15 is 0 Å². The summed E-state index contributed by atoms with van der Waals surface area (Å²) in [5.74, 6) is 0.370. The van der Waals surface area contributed by atoms with Crippen molar-refractivity contribution in [1.82, 2.24) is 5.32 Å². The highest BCUT2D eigenvalue weighted by atomic mass is 16.3. The van der Waals surface area contributed by atoms with Gasteiger partial charge >= 0.3 is 0 Å². The zero-order valence-corrected chi connectivity index (χ0v) is 10.2. The Morgan fingerprint density at radius 1 is 1.38 bits per heavy atom. The van der Waals surface area contributed by atoms with Crippen molar-refractivity contribution < 1.29 is 5.11 Å². The van der Waals surface area contributed by atoms with Crippen molar-refractivity contribution in [2.75, 3.05) is 13.1 Å². The fourth-order valence-electron chi connectivity index (χ4n) is 2.48. The molecule has 2 unspecified atom stereocenters. The number of rotatable bonds is 2. The molecule has 0 amide bonds. The molecule has 0 bridgehead atoms. The summed E-state index contributed by atoms with van der Waals surface area (Å²) in [6.45, 7) is 6.19. The highest BCUT2D eigenvalue weighted by Crippen LogP contribution is 2.29. The molecule has 1 aliphatic heterocycles. The fraction of sp³-hybridized carbons (Fsp3) is 0.571. The smallest absolute Gasteiger partial charge is 0.0832 e. The predicted octanol–water partition coefficient (Wildman–Crippen LogP) is 2.34. The molecule has 1 fully saturated rings. The van der Waals surface area contributed by atoms with Gasteiger partial charge in [0, 0.05) is 12.5 Å². The van der Waals surface area contributed by atoms with Crippen LogP contribution in [0.3, 0.4) is 0 Å². The van der Waals surface area contributed by atoms with Crippen LogP contribution in [-0.4, -0.2) is 18.2 Å². The van der Waals surface area contributed by atoms with Gasteiger partial charge in [-0.15, -0.1) is 0 Å². The van der Waals surface area contributed by atoms with Crippen LogP contribution in [0.2, 0.25) is 0 Å². The molecule has 1 heterocycles. The molecular formula is C14H21NO. The molecule has 2 N–H and O–H groups in total. The first-order chi connectivity index (χ1) is 7.68. The van der Waals surface area contributed by atoms with Gasteiger partial charge in [0.2, 0.25) is 0 Å². The van der Waals surface area contributed by atoms with Gasteiger partial charge in [-0.3, -0.25) is 0 Å². The number of piperidine rings is 1. The molecule has 1 aromatic rings. The van der Waals surface area contributed by atoms with Gasteiger partial charge in [0.15, 0.2) is 0 Å². The maximum atomic E-state index is 10.4. The van der Waals surface area contributed by atoms with E-state index in [-0.39, 0.29) is 6.10 Å². The SMILES string of the molecule is Cc1ccc(C)c(C(O)C2CCCNC2)c1. The Morgan fingerprint density at radius 3 is 2.88 bits per heavy atom. The van der Waals surface area contributed by atoms with Crippen molar-refractivity contribution in [1.29, 1.82) is 0 Å². The Bertz CT molecular complexity index is 356. The molecule has 16 heavy (non-hydrogen) atoms. The Kier molecular flexibility index (Phi) is 3.62. The van der Waals surface area contributed by atoms with Crippen LogP contribution in [0.4, 0.5) is 0 Å². The van der Waals surface area contributed by atoms with E-state index in [2.05, 4.69) is 37.4 Å². The van der Waals surface area contributed by atoms with Crippen molar-refractivity contribution >= 4 is 0 Å². The standard InChI is InChI=1S/C14H21NO/c1-10-5-6-11(2)13(8-10)14(16)12-4-3-7-15-9-12/h5-6,8,12,14-16H,3-4,7,9H2,1-2H3. The molecule has 0 spiro atoms. The quantitative estimate of drug-likeness (QED) is 0.800. The lowest BCUT2D eigenvalue weighted by Gasteiger charge is -2.28. The second-order valence-corrected chi connectivity index (χ2v) is 4.91. The third-order valence-corrected chi connectivity index (χ3v) is 3.53. The summed E-state index contributed by atoms with van der Waals surface area (Å²) in [7, 11) is 0. The van der Waals surface area contributed by atoms with Gasteiger partial charge in [-0.2, -0.15) is 0 Å². The van der Waals surface area contributed by atoms with Crippen molar-refractivity contribution in [3.05, 3.63) is 34.9 Å². The molecule has 0 aliphatic carbocycles. The fourth-order valence-corrected chi connectivity index (χ4v) is 2.48. The van der Waals surface area contributed by atoms with Gasteiger partial charge in [0.05, 0.1) is 6.10 Å². The second-order valence-electron chi connectivity index (χ2n) is 4.91. The molecule has 0 saturated carbocycles. The molecule has 88 valence electrons. The van der Waals surface area contributed by atoms with Gasteiger partial charge in [-0.25, -0.2) is 0 Å². The maximum Gasteiger partial charge on any atom is 0.0832 e.